The third-order valence-electron chi connectivity index (χ3n) is 4.78. The zero-order valence-electron chi connectivity index (χ0n) is 19.3. The molecule has 2 amide bonds. The molecule has 0 bridgehead atoms. The number of rotatable bonds is 11. The zero-order chi connectivity index (χ0) is 27.2. The summed E-state index contributed by atoms with van der Waals surface area (Å²) in [5.41, 5.74) is 0.735. The maximum absolute atomic E-state index is 12.4. The predicted molar refractivity (Wildman–Crippen MR) is 145 cm³/mol. The topological polar surface area (TPSA) is 176 Å². The van der Waals surface area contributed by atoms with Crippen molar-refractivity contribution < 1.29 is 26.4 Å². The fourth-order valence-corrected chi connectivity index (χ4v) is 6.58. The van der Waals surface area contributed by atoms with Gasteiger partial charge in [0.05, 0.1) is 9.79 Å². The summed E-state index contributed by atoms with van der Waals surface area (Å²) in [6, 6.07) is 11.1. The Morgan fingerprint density at radius 3 is 1.32 bits per heavy atom. The van der Waals surface area contributed by atoms with Crippen LogP contribution in [-0.2, 0) is 29.6 Å². The molecule has 0 aliphatic heterocycles. The number of aromatic nitrogens is 2. The molecule has 4 rings (SSSR count). The van der Waals surface area contributed by atoms with Crippen LogP contribution < -0.4 is 20.1 Å². The van der Waals surface area contributed by atoms with Gasteiger partial charge in [-0.3, -0.25) is 19.0 Å². The van der Waals surface area contributed by atoms with E-state index in [1.54, 1.807) is 10.8 Å². The highest BCUT2D eigenvalue weighted by molar-refractivity contribution is 7.93. The first-order valence-corrected chi connectivity index (χ1v) is 15.5. The van der Waals surface area contributed by atoms with Crippen molar-refractivity contribution in [3.8, 4) is 0 Å². The van der Waals surface area contributed by atoms with E-state index in [4.69, 9.17) is 0 Å². The number of nitrogens with one attached hydrogen (secondary N) is 4. The SMILES string of the molecule is O=C(CCC(=O)Nc1ccc(S(=O)(=O)Nc2nccs2)cc1)Nc1ccc(S(=O)(=O)Nc2nccs2)cc1. The highest BCUT2D eigenvalue weighted by Gasteiger charge is 2.17. The van der Waals surface area contributed by atoms with Gasteiger partial charge >= 0.3 is 0 Å². The van der Waals surface area contributed by atoms with Gasteiger partial charge in [0.15, 0.2) is 10.3 Å². The fraction of sp³-hybridized carbons (Fsp3) is 0.0909. The molecule has 0 saturated heterocycles. The molecule has 16 heteroatoms. The third-order valence-corrected chi connectivity index (χ3v) is 9.13. The minimum Gasteiger partial charge on any atom is -0.326 e. The Labute approximate surface area is 226 Å². The molecule has 0 unspecified atom stereocenters. The first-order chi connectivity index (χ1) is 18.1. The van der Waals surface area contributed by atoms with Crippen molar-refractivity contribution in [1.29, 1.82) is 0 Å². The average Bonchev–Trinajstić information content (AvgIpc) is 3.57. The van der Waals surface area contributed by atoms with Gasteiger partial charge in [0, 0.05) is 47.4 Å². The Kier molecular flexibility index (Phi) is 8.35. The number of benzene rings is 2. The van der Waals surface area contributed by atoms with E-state index in [0.29, 0.717) is 11.4 Å². The molecule has 0 spiro atoms. The van der Waals surface area contributed by atoms with Gasteiger partial charge in [-0.15, -0.1) is 22.7 Å². The summed E-state index contributed by atoms with van der Waals surface area (Å²) in [4.78, 5) is 32.3. The molecule has 12 nitrogen and oxygen atoms in total. The van der Waals surface area contributed by atoms with Crippen molar-refractivity contribution in [3.63, 3.8) is 0 Å². The molecule has 0 fully saturated rings. The van der Waals surface area contributed by atoms with Crippen LogP contribution >= 0.6 is 22.7 Å². The summed E-state index contributed by atoms with van der Waals surface area (Å²) in [5.74, 6) is -0.877. The van der Waals surface area contributed by atoms with Gasteiger partial charge in [-0.1, -0.05) is 0 Å². The van der Waals surface area contributed by atoms with Gasteiger partial charge in [0.1, 0.15) is 0 Å². The van der Waals surface area contributed by atoms with E-state index >= 15 is 0 Å². The average molecular weight is 593 g/mol. The molecule has 0 saturated carbocycles. The number of amides is 2. The standard InChI is InChI=1S/C22H20N6O6S4/c29-19(25-15-1-5-17(6-2-15)37(31,32)27-21-23-11-13-35-21)9-10-20(30)26-16-3-7-18(8-4-16)38(33,34)28-22-24-12-14-36-22/h1-8,11-14H,9-10H2,(H,23,27)(H,24,28)(H,25,29)(H,26,30). The summed E-state index contributed by atoms with van der Waals surface area (Å²) in [7, 11) is -7.62. The summed E-state index contributed by atoms with van der Waals surface area (Å²) >= 11 is 2.29. The normalized spacial score (nSPS) is 11.5. The van der Waals surface area contributed by atoms with E-state index in [2.05, 4.69) is 30.0 Å². The lowest BCUT2D eigenvalue weighted by Gasteiger charge is -2.09. The van der Waals surface area contributed by atoms with Crippen LogP contribution in [0.4, 0.5) is 21.6 Å². The van der Waals surface area contributed by atoms with Crippen molar-refractivity contribution in [2.75, 3.05) is 20.1 Å². The zero-order valence-corrected chi connectivity index (χ0v) is 22.6. The van der Waals surface area contributed by atoms with Gasteiger partial charge in [0.2, 0.25) is 11.8 Å². The number of carbonyl (C=O) groups is 2. The predicted octanol–water partition coefficient (Wildman–Crippen LogP) is 3.56. The number of carbonyl (C=O) groups excluding carboxylic acids is 2. The molecule has 4 aromatic rings. The van der Waals surface area contributed by atoms with Crippen LogP contribution in [0, 0.1) is 0 Å². The summed E-state index contributed by atoms with van der Waals surface area (Å²) in [6.45, 7) is 0. The minimum absolute atomic E-state index is 0.00265. The molecule has 0 aliphatic carbocycles. The number of thiazole rings is 2. The van der Waals surface area contributed by atoms with Crippen molar-refractivity contribution in [1.82, 2.24) is 9.97 Å². The van der Waals surface area contributed by atoms with Crippen LogP contribution in [-0.4, -0.2) is 38.6 Å². The van der Waals surface area contributed by atoms with Crippen molar-refractivity contribution in [2.24, 2.45) is 0 Å². The van der Waals surface area contributed by atoms with Gasteiger partial charge in [-0.25, -0.2) is 26.8 Å². The quantitative estimate of drug-likeness (QED) is 0.204. The Morgan fingerprint density at radius 2 is 1.00 bits per heavy atom. The summed E-state index contributed by atoms with van der Waals surface area (Å²) in [5, 5.41) is 8.98. The van der Waals surface area contributed by atoms with E-state index in [1.807, 2.05) is 0 Å². The molecule has 4 N–H and O–H groups in total. The summed E-state index contributed by atoms with van der Waals surface area (Å²) in [6.07, 6.45) is 2.71. The highest BCUT2D eigenvalue weighted by Crippen LogP contribution is 2.21. The monoisotopic (exact) mass is 592 g/mol. The number of sulfonamides is 2. The van der Waals surface area contributed by atoms with Crippen LogP contribution in [0.1, 0.15) is 12.8 Å². The molecule has 0 radical (unpaired) electrons. The van der Waals surface area contributed by atoms with Crippen LogP contribution in [0.2, 0.25) is 0 Å². The van der Waals surface area contributed by atoms with Crippen LogP contribution in [0.3, 0.4) is 0 Å². The Bertz CT molecular complexity index is 1480. The van der Waals surface area contributed by atoms with Crippen LogP contribution in [0.5, 0.6) is 0 Å². The minimum atomic E-state index is -3.81. The van der Waals surface area contributed by atoms with Crippen LogP contribution in [0.15, 0.2) is 81.5 Å². The van der Waals surface area contributed by atoms with Gasteiger partial charge < -0.3 is 10.6 Å². The van der Waals surface area contributed by atoms with Crippen molar-refractivity contribution >= 4 is 76.2 Å². The Balaban J connectivity index is 1.24. The Hall–Kier alpha value is -3.86. The van der Waals surface area contributed by atoms with Crippen LogP contribution in [0.25, 0.3) is 0 Å². The molecular weight excluding hydrogens is 573 g/mol. The highest BCUT2D eigenvalue weighted by atomic mass is 32.2. The van der Waals surface area contributed by atoms with Gasteiger partial charge in [-0.05, 0) is 48.5 Å². The molecule has 0 aliphatic rings. The second-order valence-electron chi connectivity index (χ2n) is 7.53. The van der Waals surface area contributed by atoms with E-state index in [9.17, 15) is 26.4 Å². The van der Waals surface area contributed by atoms with E-state index in [-0.39, 0.29) is 32.9 Å². The maximum Gasteiger partial charge on any atom is 0.263 e. The summed E-state index contributed by atoms with van der Waals surface area (Å²) < 4.78 is 54.2. The molecule has 2 aromatic heterocycles. The van der Waals surface area contributed by atoms with Gasteiger partial charge in [-0.2, -0.15) is 0 Å². The smallest absolute Gasteiger partial charge is 0.263 e. The molecular formula is C22H20N6O6S4. The molecule has 2 heterocycles. The van der Waals surface area contributed by atoms with E-state index in [0.717, 1.165) is 22.7 Å². The Morgan fingerprint density at radius 1 is 0.632 bits per heavy atom. The lowest BCUT2D eigenvalue weighted by Crippen LogP contribution is -2.18. The second-order valence-corrected chi connectivity index (χ2v) is 12.7. The van der Waals surface area contributed by atoms with Crippen molar-refractivity contribution in [2.45, 2.75) is 22.6 Å². The largest absolute Gasteiger partial charge is 0.326 e. The first kappa shape index (κ1) is 27.2. The van der Waals surface area contributed by atoms with E-state index < -0.39 is 31.9 Å². The lowest BCUT2D eigenvalue weighted by molar-refractivity contribution is -0.121. The maximum atomic E-state index is 12.4. The van der Waals surface area contributed by atoms with Crippen molar-refractivity contribution in [3.05, 3.63) is 71.7 Å². The number of anilines is 4. The molecule has 198 valence electrons. The van der Waals surface area contributed by atoms with E-state index in [1.165, 1.54) is 60.9 Å². The fourth-order valence-electron chi connectivity index (χ4n) is 3.00. The number of nitrogens with zero attached hydrogens (tertiary/aromatic N) is 2. The number of hydrogen-bond acceptors (Lipinski definition) is 10. The molecule has 2 aromatic carbocycles. The number of hydrogen-bond donors (Lipinski definition) is 4. The molecule has 0 atom stereocenters. The second kappa shape index (κ2) is 11.7. The third kappa shape index (κ3) is 7.34. The first-order valence-electron chi connectivity index (χ1n) is 10.8. The lowest BCUT2D eigenvalue weighted by atomic mass is 10.2. The molecule has 38 heavy (non-hydrogen) atoms. The van der Waals surface area contributed by atoms with Gasteiger partial charge in [0.25, 0.3) is 20.0 Å².